The topological polar surface area (TPSA) is 175 Å². The highest BCUT2D eigenvalue weighted by atomic mass is 32.1. The smallest absolute Gasteiger partial charge is 0.416 e. The van der Waals surface area contributed by atoms with E-state index < -0.39 is 66.3 Å². The lowest BCUT2D eigenvalue weighted by Crippen LogP contribution is -2.58. The zero-order chi connectivity index (χ0) is 28.2. The van der Waals surface area contributed by atoms with Crippen molar-refractivity contribution < 1.29 is 48.2 Å². The minimum absolute atomic E-state index is 0.0654. The maximum Gasteiger partial charge on any atom is 0.416 e. The van der Waals surface area contributed by atoms with E-state index in [0.29, 0.717) is 4.70 Å². The minimum atomic E-state index is -4.57. The van der Waals surface area contributed by atoms with E-state index >= 15 is 0 Å². The Labute approximate surface area is 224 Å². The van der Waals surface area contributed by atoms with Crippen LogP contribution < -0.4 is 5.56 Å². The Morgan fingerprint density at radius 1 is 1.15 bits per heavy atom. The monoisotopic (exact) mass is 587 g/mol. The van der Waals surface area contributed by atoms with Crippen molar-refractivity contribution in [1.82, 2.24) is 14.8 Å². The second-order valence-electron chi connectivity index (χ2n) is 8.96. The first-order chi connectivity index (χ1) is 18.4. The number of halogens is 3. The number of rotatable bonds is 6. The zero-order valence-electron chi connectivity index (χ0n) is 19.5. The van der Waals surface area contributed by atoms with E-state index in [4.69, 9.17) is 4.74 Å². The van der Waals surface area contributed by atoms with Crippen LogP contribution in [0.1, 0.15) is 22.2 Å². The molecule has 39 heavy (non-hydrogen) atoms. The van der Waals surface area contributed by atoms with Crippen LogP contribution in [-0.4, -0.2) is 77.5 Å². The molecule has 5 N–H and O–H groups in total. The largest absolute Gasteiger partial charge is 0.481 e. The van der Waals surface area contributed by atoms with Crippen molar-refractivity contribution in [3.05, 3.63) is 55.6 Å². The number of aliphatic hydroxyl groups excluding tert-OH is 4. The Kier molecular flexibility index (Phi) is 7.21. The summed E-state index contributed by atoms with van der Waals surface area (Å²) in [5.74, 6) is -4.88. The van der Waals surface area contributed by atoms with Gasteiger partial charge in [0.15, 0.2) is 6.29 Å². The van der Waals surface area contributed by atoms with E-state index in [2.05, 4.69) is 10.1 Å². The number of hydrogen-bond donors (Lipinski definition) is 5. The fourth-order valence-electron chi connectivity index (χ4n) is 4.70. The number of aliphatic hydroxyl groups is 4. The normalized spacial score (nSPS) is 24.8. The lowest BCUT2D eigenvalue weighted by Gasteiger charge is -2.42. The summed E-state index contributed by atoms with van der Waals surface area (Å²) in [5.41, 5.74) is -1.63. The molecule has 4 aromatic rings. The number of carboxylic acids is 1. The standard InChI is InChI=1S/C23H20F3N3O8S2/c24-23(25,26)8-1-2-13-11(3-8)27-14(39-13)4-29-20(33)10-7-38-6-9(10)17(28-29)15(21(34)35)16-18(31)12(5-30)37-22(36)19(16)32/h1-3,6-7,12,15-16,18-19,22,30-32,36H,4-5H2,(H,34,35)/t12-,15?,16+,18+,19-,22-/m1/s1. The molecule has 0 saturated carbocycles. The second-order valence-corrected chi connectivity index (χ2v) is 10.8. The number of thiophene rings is 1. The van der Waals surface area contributed by atoms with Gasteiger partial charge in [-0.3, -0.25) is 9.59 Å². The summed E-state index contributed by atoms with van der Waals surface area (Å²) < 4.78 is 45.6. The highest BCUT2D eigenvalue weighted by molar-refractivity contribution is 7.18. The summed E-state index contributed by atoms with van der Waals surface area (Å²) in [7, 11) is 0. The molecule has 1 aliphatic rings. The van der Waals surface area contributed by atoms with Gasteiger partial charge in [-0.2, -0.15) is 29.6 Å². The molecule has 0 bridgehead atoms. The van der Waals surface area contributed by atoms with Gasteiger partial charge in [0.1, 0.15) is 23.1 Å². The highest BCUT2D eigenvalue weighted by Crippen LogP contribution is 2.39. The first-order valence-electron chi connectivity index (χ1n) is 11.4. The third-order valence-electron chi connectivity index (χ3n) is 6.58. The minimum Gasteiger partial charge on any atom is -0.481 e. The molecule has 1 aromatic carbocycles. The van der Waals surface area contributed by atoms with E-state index in [1.807, 2.05) is 0 Å². The molecule has 208 valence electrons. The Morgan fingerprint density at radius 2 is 1.87 bits per heavy atom. The first kappa shape index (κ1) is 27.6. The van der Waals surface area contributed by atoms with Crippen LogP contribution in [0.2, 0.25) is 0 Å². The molecule has 1 saturated heterocycles. The van der Waals surface area contributed by atoms with Gasteiger partial charge in [0, 0.05) is 22.1 Å². The fraction of sp³-hybridized carbons (Fsp3) is 0.391. The predicted octanol–water partition coefficient (Wildman–Crippen LogP) is 1.35. The molecule has 1 unspecified atom stereocenters. The summed E-state index contributed by atoms with van der Waals surface area (Å²) in [6, 6.07) is 3.07. The number of benzene rings is 1. The van der Waals surface area contributed by atoms with Crippen LogP contribution in [0.5, 0.6) is 0 Å². The van der Waals surface area contributed by atoms with Gasteiger partial charge in [-0.15, -0.1) is 11.3 Å². The number of carboxylic acid groups (broad SMARTS) is 1. The summed E-state index contributed by atoms with van der Waals surface area (Å²) in [5, 5.41) is 58.8. The third-order valence-corrected chi connectivity index (χ3v) is 8.34. The zero-order valence-corrected chi connectivity index (χ0v) is 21.2. The van der Waals surface area contributed by atoms with Gasteiger partial charge in [-0.1, -0.05) is 0 Å². The lowest BCUT2D eigenvalue weighted by atomic mass is 9.76. The SMILES string of the molecule is O=C(O)C(c1nn(Cc2nc3cc(C(F)(F)F)ccc3s2)c(=O)c2cscc12)[C@@H]1[C@@H](O)[C@H](O)O[C@H](CO)[C@@H]1O. The summed E-state index contributed by atoms with van der Waals surface area (Å²) in [6.45, 7) is -1.08. The van der Waals surface area contributed by atoms with Crippen molar-refractivity contribution in [3.63, 3.8) is 0 Å². The summed E-state index contributed by atoms with van der Waals surface area (Å²) in [4.78, 5) is 29.9. The van der Waals surface area contributed by atoms with E-state index in [1.54, 1.807) is 0 Å². The van der Waals surface area contributed by atoms with Gasteiger partial charge in [-0.05, 0) is 18.2 Å². The van der Waals surface area contributed by atoms with E-state index in [-0.39, 0.29) is 33.5 Å². The van der Waals surface area contributed by atoms with Gasteiger partial charge in [0.2, 0.25) is 0 Å². The van der Waals surface area contributed by atoms with Crippen molar-refractivity contribution in [1.29, 1.82) is 0 Å². The molecule has 0 amide bonds. The van der Waals surface area contributed by atoms with Crippen molar-refractivity contribution in [2.75, 3.05) is 6.61 Å². The van der Waals surface area contributed by atoms with Crippen LogP contribution in [0.25, 0.3) is 21.0 Å². The molecule has 16 heteroatoms. The van der Waals surface area contributed by atoms with Crippen LogP contribution in [0, 0.1) is 5.92 Å². The molecule has 0 spiro atoms. The van der Waals surface area contributed by atoms with E-state index in [9.17, 15) is 48.3 Å². The van der Waals surface area contributed by atoms with Gasteiger partial charge in [0.05, 0.1) is 46.1 Å². The maximum absolute atomic E-state index is 13.2. The predicted molar refractivity (Wildman–Crippen MR) is 131 cm³/mol. The number of fused-ring (bicyclic) bond motifs is 2. The number of alkyl halides is 3. The quantitative estimate of drug-likeness (QED) is 0.221. The molecule has 0 aliphatic carbocycles. The molecule has 6 atom stereocenters. The van der Waals surface area contributed by atoms with Gasteiger partial charge in [0.25, 0.3) is 5.56 Å². The Bertz CT molecular complexity index is 1600. The highest BCUT2D eigenvalue weighted by Gasteiger charge is 2.51. The average Bonchev–Trinajstić information content (AvgIpc) is 3.52. The van der Waals surface area contributed by atoms with Crippen LogP contribution >= 0.6 is 22.7 Å². The summed E-state index contributed by atoms with van der Waals surface area (Å²) in [6.07, 6.45) is -11.5. The van der Waals surface area contributed by atoms with Crippen molar-refractivity contribution in [3.8, 4) is 0 Å². The molecular weight excluding hydrogens is 567 g/mol. The maximum atomic E-state index is 13.2. The molecule has 4 heterocycles. The van der Waals surface area contributed by atoms with Crippen LogP contribution in [-0.2, 0) is 22.3 Å². The van der Waals surface area contributed by atoms with Gasteiger partial charge >= 0.3 is 12.1 Å². The Hall–Kier alpha value is -2.99. The van der Waals surface area contributed by atoms with Crippen molar-refractivity contribution in [2.24, 2.45) is 5.92 Å². The number of aliphatic carboxylic acids is 1. The molecule has 3 aromatic heterocycles. The molecular formula is C23H20F3N3O8S2. The molecule has 5 rings (SSSR count). The average molecular weight is 588 g/mol. The number of ether oxygens (including phenoxy) is 1. The Balaban J connectivity index is 1.60. The number of carbonyl (C=O) groups is 1. The third kappa shape index (κ3) is 4.93. The second kappa shape index (κ2) is 10.2. The summed E-state index contributed by atoms with van der Waals surface area (Å²) >= 11 is 2.11. The number of aromatic nitrogens is 3. The first-order valence-corrected chi connectivity index (χ1v) is 13.1. The fourth-order valence-corrected chi connectivity index (χ4v) is 6.45. The Morgan fingerprint density at radius 3 is 2.54 bits per heavy atom. The molecule has 1 fully saturated rings. The number of thiazole rings is 1. The number of hydrogen-bond acceptors (Lipinski definition) is 11. The van der Waals surface area contributed by atoms with E-state index in [1.165, 1.54) is 16.8 Å². The van der Waals surface area contributed by atoms with Crippen LogP contribution in [0.3, 0.4) is 0 Å². The number of nitrogens with zero attached hydrogens (tertiary/aromatic N) is 3. The molecule has 0 radical (unpaired) electrons. The van der Waals surface area contributed by atoms with Gasteiger partial charge in [-0.25, -0.2) is 9.67 Å². The van der Waals surface area contributed by atoms with Crippen LogP contribution in [0.15, 0.2) is 33.8 Å². The van der Waals surface area contributed by atoms with Crippen LogP contribution in [0.4, 0.5) is 13.2 Å². The molecule has 1 aliphatic heterocycles. The van der Waals surface area contributed by atoms with E-state index in [0.717, 1.165) is 39.5 Å². The van der Waals surface area contributed by atoms with Gasteiger partial charge < -0.3 is 30.3 Å². The molecule has 11 nitrogen and oxygen atoms in total. The van der Waals surface area contributed by atoms with Crippen molar-refractivity contribution in [2.45, 2.75) is 43.2 Å². The lowest BCUT2D eigenvalue weighted by molar-refractivity contribution is -0.276. The van der Waals surface area contributed by atoms with Crippen molar-refractivity contribution >= 4 is 49.6 Å².